The zero-order valence-corrected chi connectivity index (χ0v) is 12.7. The average Bonchev–Trinajstić information content (AvgIpc) is 2.70. The molecule has 6 heteroatoms. The van der Waals surface area contributed by atoms with E-state index in [9.17, 15) is 18.6 Å². The van der Waals surface area contributed by atoms with Crippen molar-refractivity contribution in [2.75, 3.05) is 13.1 Å². The summed E-state index contributed by atoms with van der Waals surface area (Å²) >= 11 is 0. The van der Waals surface area contributed by atoms with Gasteiger partial charge in [0.25, 0.3) is 0 Å². The van der Waals surface area contributed by atoms with Crippen molar-refractivity contribution < 1.29 is 18.6 Å². The van der Waals surface area contributed by atoms with Crippen LogP contribution in [0.5, 0.6) is 11.5 Å². The van der Waals surface area contributed by atoms with E-state index in [1.54, 1.807) is 24.3 Å². The molecule has 0 saturated carbocycles. The molecule has 1 aliphatic heterocycles. The van der Waals surface area contributed by atoms with Crippen LogP contribution in [0.25, 0.3) is 0 Å². The number of phenolic OH excluding ortho intramolecular Hbond substituents is 2. The number of phenols is 2. The molecule has 0 amide bonds. The van der Waals surface area contributed by atoms with Crippen LogP contribution in [0.2, 0.25) is 0 Å². The zero-order valence-electron chi connectivity index (χ0n) is 11.9. The molecule has 5 nitrogen and oxygen atoms in total. The van der Waals surface area contributed by atoms with Gasteiger partial charge in [0.05, 0.1) is 4.86 Å². The summed E-state index contributed by atoms with van der Waals surface area (Å²) in [7, 11) is -2.29. The van der Waals surface area contributed by atoms with Gasteiger partial charge in [0.15, 0.2) is 11.5 Å². The van der Waals surface area contributed by atoms with Crippen LogP contribution in [0.4, 0.5) is 0 Å². The SMILES string of the molecule is O=S(=O)=C1C=CC=CC1C1CNCCc2cc(O)c(O)cc21. The zero-order chi connectivity index (χ0) is 15.7. The summed E-state index contributed by atoms with van der Waals surface area (Å²) in [6.45, 7) is 1.36. The van der Waals surface area contributed by atoms with E-state index in [1.165, 1.54) is 0 Å². The van der Waals surface area contributed by atoms with Gasteiger partial charge in [-0.1, -0.05) is 18.2 Å². The van der Waals surface area contributed by atoms with Crippen LogP contribution in [-0.4, -0.2) is 36.6 Å². The van der Waals surface area contributed by atoms with Gasteiger partial charge in [-0.25, -0.2) is 0 Å². The van der Waals surface area contributed by atoms with E-state index in [4.69, 9.17) is 0 Å². The number of fused-ring (bicyclic) bond motifs is 1. The van der Waals surface area contributed by atoms with Crippen molar-refractivity contribution in [1.82, 2.24) is 5.32 Å². The van der Waals surface area contributed by atoms with Gasteiger partial charge < -0.3 is 15.5 Å². The van der Waals surface area contributed by atoms with E-state index >= 15 is 0 Å². The fraction of sp³-hybridized carbons (Fsp3) is 0.312. The molecule has 1 heterocycles. The Morgan fingerprint density at radius 2 is 1.91 bits per heavy atom. The first-order chi connectivity index (χ1) is 10.6. The normalized spacial score (nSPS) is 23.9. The lowest BCUT2D eigenvalue weighted by molar-refractivity contribution is 0.402. The van der Waals surface area contributed by atoms with Crippen LogP contribution in [-0.2, 0) is 16.7 Å². The van der Waals surface area contributed by atoms with Crippen molar-refractivity contribution in [3.63, 3.8) is 0 Å². The summed E-state index contributed by atoms with van der Waals surface area (Å²) in [6.07, 6.45) is 7.75. The number of aromatic hydroxyl groups is 2. The molecule has 0 radical (unpaired) electrons. The quantitative estimate of drug-likeness (QED) is 0.533. The second kappa shape index (κ2) is 5.98. The predicted octanol–water partition coefficient (Wildman–Crippen LogP) is 1.12. The maximum atomic E-state index is 11.5. The first-order valence-electron chi connectivity index (χ1n) is 7.14. The fourth-order valence-electron chi connectivity index (χ4n) is 3.15. The molecule has 22 heavy (non-hydrogen) atoms. The molecule has 0 fully saturated rings. The van der Waals surface area contributed by atoms with Gasteiger partial charge in [0.2, 0.25) is 10.3 Å². The summed E-state index contributed by atoms with van der Waals surface area (Å²) in [4.78, 5) is 0.342. The molecule has 2 unspecified atom stereocenters. The Morgan fingerprint density at radius 1 is 1.14 bits per heavy atom. The van der Waals surface area contributed by atoms with Gasteiger partial charge in [-0.2, -0.15) is 8.42 Å². The number of nitrogens with one attached hydrogen (secondary N) is 1. The Morgan fingerprint density at radius 3 is 2.68 bits per heavy atom. The molecule has 0 saturated heterocycles. The minimum Gasteiger partial charge on any atom is -0.504 e. The first-order valence-corrected chi connectivity index (χ1v) is 8.22. The lowest BCUT2D eigenvalue weighted by Gasteiger charge is -2.26. The highest BCUT2D eigenvalue weighted by Gasteiger charge is 2.30. The minimum atomic E-state index is -2.29. The lowest BCUT2D eigenvalue weighted by atomic mass is 9.80. The van der Waals surface area contributed by atoms with Crippen LogP contribution >= 0.6 is 0 Å². The van der Waals surface area contributed by atoms with E-state index in [0.29, 0.717) is 11.4 Å². The summed E-state index contributed by atoms with van der Waals surface area (Å²) in [5.41, 5.74) is 1.82. The monoisotopic (exact) mass is 319 g/mol. The van der Waals surface area contributed by atoms with E-state index in [-0.39, 0.29) is 23.3 Å². The smallest absolute Gasteiger partial charge is 0.217 e. The average molecular weight is 319 g/mol. The molecular weight excluding hydrogens is 302 g/mol. The standard InChI is InChI=1S/C16H17NO4S/c18-14-7-10-5-6-17-9-13(12(10)8-15(14)19)11-3-1-2-4-16(11)22(20)21/h1-4,7-8,11,13,17-19H,5-6,9H2. The number of benzene rings is 1. The van der Waals surface area contributed by atoms with Gasteiger partial charge in [-0.15, -0.1) is 0 Å². The second-order valence-electron chi connectivity index (χ2n) is 5.51. The Balaban J connectivity index is 2.12. The molecule has 1 aromatic carbocycles. The fourth-order valence-corrected chi connectivity index (χ4v) is 3.80. The molecular formula is C16H17NO4S. The summed E-state index contributed by atoms with van der Waals surface area (Å²) < 4.78 is 23.0. The molecule has 2 aliphatic rings. The maximum Gasteiger partial charge on any atom is 0.217 e. The van der Waals surface area contributed by atoms with Crippen LogP contribution in [0, 0.1) is 5.92 Å². The Hall–Kier alpha value is -2.05. The first kappa shape index (κ1) is 14.9. The van der Waals surface area contributed by atoms with Crippen LogP contribution in [0.1, 0.15) is 17.0 Å². The Bertz CT molecular complexity index is 785. The van der Waals surface area contributed by atoms with Gasteiger partial charge in [-0.05, 0) is 42.3 Å². The number of allylic oxidation sites excluding steroid dienone is 4. The molecule has 0 bridgehead atoms. The highest BCUT2D eigenvalue weighted by atomic mass is 32.2. The largest absolute Gasteiger partial charge is 0.504 e. The van der Waals surface area contributed by atoms with Crippen LogP contribution in [0.3, 0.4) is 0 Å². The van der Waals surface area contributed by atoms with Gasteiger partial charge in [0.1, 0.15) is 0 Å². The molecule has 1 aromatic rings. The number of rotatable bonds is 1. The van der Waals surface area contributed by atoms with Crippen LogP contribution < -0.4 is 5.32 Å². The van der Waals surface area contributed by atoms with E-state index in [1.807, 2.05) is 12.2 Å². The topological polar surface area (TPSA) is 86.6 Å². The van der Waals surface area contributed by atoms with Crippen molar-refractivity contribution >= 4 is 15.2 Å². The predicted molar refractivity (Wildman–Crippen MR) is 84.8 cm³/mol. The minimum absolute atomic E-state index is 0.113. The Kier molecular flexibility index (Phi) is 4.04. The third-order valence-electron chi connectivity index (χ3n) is 4.22. The number of hydrogen-bond acceptors (Lipinski definition) is 5. The summed E-state index contributed by atoms with van der Waals surface area (Å²) in [5, 5.41) is 22.8. The van der Waals surface area contributed by atoms with Gasteiger partial charge in [0, 0.05) is 18.4 Å². The molecule has 0 aromatic heterocycles. The molecule has 0 spiro atoms. The molecule has 116 valence electrons. The lowest BCUT2D eigenvalue weighted by Crippen LogP contribution is -2.29. The van der Waals surface area contributed by atoms with E-state index in [0.717, 1.165) is 24.1 Å². The highest BCUT2D eigenvalue weighted by molar-refractivity contribution is 7.73. The highest BCUT2D eigenvalue weighted by Crippen LogP contribution is 2.37. The summed E-state index contributed by atoms with van der Waals surface area (Å²) in [6, 6.07) is 3.13. The molecule has 3 rings (SSSR count). The molecule has 3 N–H and O–H groups in total. The van der Waals surface area contributed by atoms with Crippen molar-refractivity contribution in [3.05, 3.63) is 47.6 Å². The molecule has 2 atom stereocenters. The van der Waals surface area contributed by atoms with Crippen molar-refractivity contribution in [1.29, 1.82) is 0 Å². The molecule has 1 aliphatic carbocycles. The van der Waals surface area contributed by atoms with E-state index < -0.39 is 10.3 Å². The third-order valence-corrected chi connectivity index (χ3v) is 5.01. The second-order valence-corrected chi connectivity index (χ2v) is 6.45. The van der Waals surface area contributed by atoms with Crippen molar-refractivity contribution in [3.8, 4) is 11.5 Å². The third kappa shape index (κ3) is 2.67. The number of hydrogen-bond donors (Lipinski definition) is 3. The van der Waals surface area contributed by atoms with Crippen molar-refractivity contribution in [2.45, 2.75) is 12.3 Å². The van der Waals surface area contributed by atoms with Gasteiger partial charge >= 0.3 is 0 Å². The van der Waals surface area contributed by atoms with Crippen LogP contribution in [0.15, 0.2) is 36.4 Å². The van der Waals surface area contributed by atoms with E-state index in [2.05, 4.69) is 5.32 Å². The maximum absolute atomic E-state index is 11.5. The van der Waals surface area contributed by atoms with Gasteiger partial charge in [-0.3, -0.25) is 0 Å². The summed E-state index contributed by atoms with van der Waals surface area (Å²) in [5.74, 6) is -0.712. The Labute approximate surface area is 130 Å². The van der Waals surface area contributed by atoms with Crippen molar-refractivity contribution in [2.24, 2.45) is 5.92 Å².